The van der Waals surface area contributed by atoms with E-state index in [1.54, 1.807) is 0 Å². The van der Waals surface area contributed by atoms with Crippen LogP contribution in [-0.4, -0.2) is 9.97 Å². The zero-order valence-corrected chi connectivity index (χ0v) is 9.75. The van der Waals surface area contributed by atoms with Gasteiger partial charge in [0.25, 0.3) is 0 Å². The standard InChI is InChI=1S/C13H17N3/c1-10-4-3-5-12(6-10)7-14-8-13-9-15-11(2)16-13/h3-6,9,14H,7-8H2,1-2H3,(H,15,16). The normalized spacial score (nSPS) is 10.6. The molecular formula is C13H17N3. The number of nitrogens with zero attached hydrogens (tertiary/aromatic N) is 1. The van der Waals surface area contributed by atoms with Gasteiger partial charge in [-0.25, -0.2) is 4.98 Å². The van der Waals surface area contributed by atoms with E-state index in [1.807, 2.05) is 13.1 Å². The number of benzene rings is 1. The lowest BCUT2D eigenvalue weighted by atomic mass is 10.1. The first-order chi connectivity index (χ1) is 7.74. The van der Waals surface area contributed by atoms with Gasteiger partial charge in [0, 0.05) is 25.0 Å². The molecule has 0 fully saturated rings. The molecule has 1 heterocycles. The van der Waals surface area contributed by atoms with Gasteiger partial charge in [-0.3, -0.25) is 0 Å². The van der Waals surface area contributed by atoms with Gasteiger partial charge in [0.2, 0.25) is 0 Å². The number of H-pyrrole nitrogens is 1. The summed E-state index contributed by atoms with van der Waals surface area (Å²) in [6.07, 6.45) is 1.87. The quantitative estimate of drug-likeness (QED) is 0.821. The van der Waals surface area contributed by atoms with Gasteiger partial charge in [0.15, 0.2) is 0 Å². The molecule has 0 radical (unpaired) electrons. The van der Waals surface area contributed by atoms with Crippen molar-refractivity contribution in [2.75, 3.05) is 0 Å². The fraction of sp³-hybridized carbons (Fsp3) is 0.308. The van der Waals surface area contributed by atoms with Crippen molar-refractivity contribution in [3.8, 4) is 0 Å². The van der Waals surface area contributed by atoms with Crippen molar-refractivity contribution in [3.63, 3.8) is 0 Å². The first-order valence-electron chi connectivity index (χ1n) is 5.51. The Morgan fingerprint density at radius 3 is 2.81 bits per heavy atom. The molecule has 3 nitrogen and oxygen atoms in total. The molecule has 2 aromatic rings. The van der Waals surface area contributed by atoms with Gasteiger partial charge in [0.05, 0.1) is 0 Å². The highest BCUT2D eigenvalue weighted by atomic mass is 15.0. The molecule has 0 bridgehead atoms. The van der Waals surface area contributed by atoms with Crippen LogP contribution in [0.4, 0.5) is 0 Å². The largest absolute Gasteiger partial charge is 0.345 e. The molecule has 0 atom stereocenters. The van der Waals surface area contributed by atoms with Crippen molar-refractivity contribution in [2.24, 2.45) is 0 Å². The lowest BCUT2D eigenvalue weighted by molar-refractivity contribution is 0.681. The molecule has 2 rings (SSSR count). The van der Waals surface area contributed by atoms with Gasteiger partial charge in [0.1, 0.15) is 5.82 Å². The van der Waals surface area contributed by atoms with E-state index in [2.05, 4.69) is 46.5 Å². The SMILES string of the molecule is Cc1cccc(CNCc2cnc(C)[nH]2)c1. The molecule has 2 N–H and O–H groups in total. The van der Waals surface area contributed by atoms with E-state index in [0.29, 0.717) is 0 Å². The van der Waals surface area contributed by atoms with E-state index in [0.717, 1.165) is 24.6 Å². The minimum Gasteiger partial charge on any atom is -0.345 e. The smallest absolute Gasteiger partial charge is 0.103 e. The topological polar surface area (TPSA) is 40.7 Å². The summed E-state index contributed by atoms with van der Waals surface area (Å²) in [6, 6.07) is 8.54. The molecular weight excluding hydrogens is 198 g/mol. The van der Waals surface area contributed by atoms with E-state index in [9.17, 15) is 0 Å². The highest BCUT2D eigenvalue weighted by Gasteiger charge is 1.97. The Morgan fingerprint density at radius 2 is 2.12 bits per heavy atom. The Balaban J connectivity index is 1.84. The zero-order chi connectivity index (χ0) is 11.4. The second kappa shape index (κ2) is 4.94. The van der Waals surface area contributed by atoms with Gasteiger partial charge in [-0.2, -0.15) is 0 Å². The average molecular weight is 215 g/mol. The van der Waals surface area contributed by atoms with Gasteiger partial charge in [-0.1, -0.05) is 29.8 Å². The van der Waals surface area contributed by atoms with E-state index in [4.69, 9.17) is 0 Å². The van der Waals surface area contributed by atoms with Crippen molar-refractivity contribution in [2.45, 2.75) is 26.9 Å². The average Bonchev–Trinajstić information content (AvgIpc) is 2.64. The molecule has 0 aliphatic heterocycles. The molecule has 0 aliphatic rings. The van der Waals surface area contributed by atoms with Crippen LogP contribution < -0.4 is 5.32 Å². The number of aromatic amines is 1. The van der Waals surface area contributed by atoms with Crippen molar-refractivity contribution < 1.29 is 0 Å². The van der Waals surface area contributed by atoms with E-state index < -0.39 is 0 Å². The summed E-state index contributed by atoms with van der Waals surface area (Å²) in [5.41, 5.74) is 3.75. The van der Waals surface area contributed by atoms with Crippen molar-refractivity contribution >= 4 is 0 Å². The molecule has 1 aromatic carbocycles. The number of imidazole rings is 1. The van der Waals surface area contributed by atoms with Crippen LogP contribution in [0.1, 0.15) is 22.6 Å². The summed E-state index contributed by atoms with van der Waals surface area (Å²) in [6.45, 7) is 5.79. The summed E-state index contributed by atoms with van der Waals surface area (Å²) < 4.78 is 0. The Hall–Kier alpha value is -1.61. The van der Waals surface area contributed by atoms with Crippen LogP contribution in [0.3, 0.4) is 0 Å². The fourth-order valence-corrected chi connectivity index (χ4v) is 1.73. The minimum atomic E-state index is 0.828. The van der Waals surface area contributed by atoms with Crippen LogP contribution in [0.25, 0.3) is 0 Å². The number of hydrogen-bond acceptors (Lipinski definition) is 2. The summed E-state index contributed by atoms with van der Waals surface area (Å²) >= 11 is 0. The van der Waals surface area contributed by atoms with Gasteiger partial charge >= 0.3 is 0 Å². The highest BCUT2D eigenvalue weighted by Crippen LogP contribution is 2.03. The van der Waals surface area contributed by atoms with Gasteiger partial charge in [-0.15, -0.1) is 0 Å². The van der Waals surface area contributed by atoms with Crippen LogP contribution in [0, 0.1) is 13.8 Å². The van der Waals surface area contributed by atoms with Crippen LogP contribution in [0.15, 0.2) is 30.5 Å². The van der Waals surface area contributed by atoms with Crippen molar-refractivity contribution in [1.29, 1.82) is 0 Å². The van der Waals surface area contributed by atoms with Gasteiger partial charge < -0.3 is 10.3 Å². The first kappa shape index (κ1) is 10.9. The molecule has 0 amide bonds. The van der Waals surface area contributed by atoms with E-state index in [1.165, 1.54) is 11.1 Å². The van der Waals surface area contributed by atoms with Crippen LogP contribution in [0.5, 0.6) is 0 Å². The third-order valence-electron chi connectivity index (χ3n) is 2.48. The number of aryl methyl sites for hydroxylation is 2. The molecule has 84 valence electrons. The Morgan fingerprint density at radius 1 is 1.25 bits per heavy atom. The van der Waals surface area contributed by atoms with Crippen LogP contribution >= 0.6 is 0 Å². The maximum Gasteiger partial charge on any atom is 0.103 e. The third-order valence-corrected chi connectivity index (χ3v) is 2.48. The summed E-state index contributed by atoms with van der Waals surface area (Å²) in [5, 5.41) is 3.39. The predicted molar refractivity (Wildman–Crippen MR) is 65.0 cm³/mol. The lowest BCUT2D eigenvalue weighted by Crippen LogP contribution is -2.12. The number of aromatic nitrogens is 2. The fourth-order valence-electron chi connectivity index (χ4n) is 1.73. The molecule has 1 aromatic heterocycles. The molecule has 0 saturated carbocycles. The zero-order valence-electron chi connectivity index (χ0n) is 9.75. The number of nitrogens with one attached hydrogen (secondary N) is 2. The Labute approximate surface area is 95.9 Å². The summed E-state index contributed by atoms with van der Waals surface area (Å²) in [7, 11) is 0. The predicted octanol–water partition coefficient (Wildman–Crippen LogP) is 2.32. The monoisotopic (exact) mass is 215 g/mol. The number of hydrogen-bond donors (Lipinski definition) is 2. The summed E-state index contributed by atoms with van der Waals surface area (Å²) in [4.78, 5) is 7.36. The van der Waals surface area contributed by atoms with E-state index >= 15 is 0 Å². The first-order valence-corrected chi connectivity index (χ1v) is 5.51. The maximum atomic E-state index is 4.16. The molecule has 0 spiro atoms. The van der Waals surface area contributed by atoms with Crippen LogP contribution in [0.2, 0.25) is 0 Å². The van der Waals surface area contributed by atoms with Crippen molar-refractivity contribution in [3.05, 3.63) is 53.1 Å². The highest BCUT2D eigenvalue weighted by molar-refractivity contribution is 5.22. The van der Waals surface area contributed by atoms with E-state index in [-0.39, 0.29) is 0 Å². The molecule has 16 heavy (non-hydrogen) atoms. The lowest BCUT2D eigenvalue weighted by Gasteiger charge is -2.04. The molecule has 0 saturated heterocycles. The van der Waals surface area contributed by atoms with Crippen LogP contribution in [-0.2, 0) is 13.1 Å². The molecule has 0 unspecified atom stereocenters. The minimum absolute atomic E-state index is 0.828. The second-order valence-electron chi connectivity index (χ2n) is 4.09. The molecule has 0 aliphatic carbocycles. The Kier molecular flexibility index (Phi) is 3.37. The Bertz CT molecular complexity index is 460. The second-order valence-corrected chi connectivity index (χ2v) is 4.09. The summed E-state index contributed by atoms with van der Waals surface area (Å²) in [5.74, 6) is 0.965. The van der Waals surface area contributed by atoms with Gasteiger partial charge in [-0.05, 0) is 19.4 Å². The third kappa shape index (κ3) is 2.94. The molecule has 3 heteroatoms. The maximum absolute atomic E-state index is 4.16. The van der Waals surface area contributed by atoms with Crippen molar-refractivity contribution in [1.82, 2.24) is 15.3 Å². The number of rotatable bonds is 4.